The lowest BCUT2D eigenvalue weighted by atomic mass is 10.2. The van der Waals surface area contributed by atoms with Gasteiger partial charge < -0.3 is 5.32 Å². The minimum absolute atomic E-state index is 0.000856. The second kappa shape index (κ2) is 10.00. The third-order valence-corrected chi connectivity index (χ3v) is 6.66. The number of sulfonamides is 1. The van der Waals surface area contributed by atoms with Gasteiger partial charge in [-0.15, -0.1) is 0 Å². The van der Waals surface area contributed by atoms with Crippen LogP contribution in [0.5, 0.6) is 0 Å². The van der Waals surface area contributed by atoms with Crippen molar-refractivity contribution in [2.24, 2.45) is 5.10 Å². The van der Waals surface area contributed by atoms with Gasteiger partial charge in [-0.25, -0.2) is 18.1 Å². The zero-order valence-electron chi connectivity index (χ0n) is 19.0. The number of hydrogen-bond acceptors (Lipinski definition) is 6. The first-order chi connectivity index (χ1) is 16.7. The van der Waals surface area contributed by atoms with Crippen molar-refractivity contribution in [3.05, 3.63) is 101 Å². The molecule has 0 saturated carbocycles. The molecule has 178 valence electrons. The maximum absolute atomic E-state index is 13.2. The Labute approximate surface area is 202 Å². The van der Waals surface area contributed by atoms with Gasteiger partial charge in [-0.05, 0) is 48.9 Å². The van der Waals surface area contributed by atoms with Crippen molar-refractivity contribution in [1.82, 2.24) is 14.4 Å². The number of amides is 1. The molecule has 1 heterocycles. The average molecular weight is 490 g/mol. The number of rotatable bonds is 7. The molecule has 35 heavy (non-hydrogen) atoms. The number of aromatic nitrogens is 2. The number of para-hydroxylation sites is 1. The van der Waals surface area contributed by atoms with Gasteiger partial charge in [-0.1, -0.05) is 42.5 Å². The van der Waals surface area contributed by atoms with E-state index in [1.807, 2.05) is 30.3 Å². The van der Waals surface area contributed by atoms with Crippen molar-refractivity contribution in [2.45, 2.75) is 24.8 Å². The molecule has 0 aliphatic carbocycles. The molecule has 0 spiro atoms. The highest BCUT2D eigenvalue weighted by Crippen LogP contribution is 2.19. The fraction of sp³-hybridized carbons (Fsp3) is 0.120. The fourth-order valence-electron chi connectivity index (χ4n) is 3.47. The van der Waals surface area contributed by atoms with E-state index in [9.17, 15) is 18.0 Å². The van der Waals surface area contributed by atoms with Crippen LogP contribution in [0.3, 0.4) is 0 Å². The van der Waals surface area contributed by atoms with E-state index < -0.39 is 21.6 Å². The van der Waals surface area contributed by atoms with Crippen LogP contribution in [-0.2, 0) is 14.8 Å². The maximum atomic E-state index is 13.2. The van der Waals surface area contributed by atoms with Gasteiger partial charge in [-0.2, -0.15) is 9.78 Å². The zero-order valence-corrected chi connectivity index (χ0v) is 19.9. The average Bonchev–Trinajstić information content (AvgIpc) is 2.83. The van der Waals surface area contributed by atoms with Crippen molar-refractivity contribution < 1.29 is 13.2 Å². The Hall–Kier alpha value is -4.15. The zero-order chi connectivity index (χ0) is 25.0. The van der Waals surface area contributed by atoms with Crippen LogP contribution in [-0.4, -0.2) is 30.2 Å². The van der Waals surface area contributed by atoms with Gasteiger partial charge in [-0.3, -0.25) is 9.59 Å². The second-order valence-corrected chi connectivity index (χ2v) is 9.52. The van der Waals surface area contributed by atoms with Gasteiger partial charge in [0.1, 0.15) is 0 Å². The highest BCUT2D eigenvalue weighted by atomic mass is 32.2. The van der Waals surface area contributed by atoms with E-state index in [1.54, 1.807) is 31.2 Å². The number of carbonyl (C=O) groups excluding carboxylic acids is 1. The molecule has 1 amide bonds. The summed E-state index contributed by atoms with van der Waals surface area (Å²) in [6.07, 6.45) is 1.52. The quantitative estimate of drug-likeness (QED) is 0.386. The molecular formula is C25H23N5O4S. The first kappa shape index (κ1) is 24.0. The maximum Gasteiger partial charge on any atom is 0.282 e. The molecule has 0 radical (unpaired) electrons. The second-order valence-electron chi connectivity index (χ2n) is 7.81. The molecule has 1 aromatic heterocycles. The lowest BCUT2D eigenvalue weighted by Crippen LogP contribution is -2.32. The Morgan fingerprint density at radius 3 is 2.34 bits per heavy atom. The van der Waals surface area contributed by atoms with Crippen LogP contribution >= 0.6 is 0 Å². The van der Waals surface area contributed by atoms with Gasteiger partial charge in [0, 0.05) is 12.6 Å². The predicted octanol–water partition coefficient (Wildman–Crippen LogP) is 3.28. The molecular weight excluding hydrogens is 466 g/mol. The molecule has 4 aromatic rings. The third-order valence-electron chi connectivity index (χ3n) is 5.10. The van der Waals surface area contributed by atoms with Crippen LogP contribution < -0.4 is 15.6 Å². The molecule has 0 aliphatic heterocycles. The Balaban J connectivity index is 1.71. The van der Waals surface area contributed by atoms with E-state index in [2.05, 4.69) is 20.1 Å². The lowest BCUT2D eigenvalue weighted by molar-refractivity contribution is -0.114. The van der Waals surface area contributed by atoms with Gasteiger partial charge in [0.15, 0.2) is 5.82 Å². The minimum Gasteiger partial charge on any atom is -0.326 e. The Kier molecular flexibility index (Phi) is 6.85. The molecule has 0 saturated heterocycles. The molecule has 4 rings (SSSR count). The first-order valence-corrected chi connectivity index (χ1v) is 12.2. The van der Waals surface area contributed by atoms with Gasteiger partial charge in [0.25, 0.3) is 5.56 Å². The minimum atomic E-state index is -3.97. The van der Waals surface area contributed by atoms with Crippen LogP contribution in [0.2, 0.25) is 0 Å². The molecule has 0 fully saturated rings. The van der Waals surface area contributed by atoms with Crippen molar-refractivity contribution in [3.8, 4) is 0 Å². The van der Waals surface area contributed by atoms with Crippen LogP contribution in [0.1, 0.15) is 31.3 Å². The summed E-state index contributed by atoms with van der Waals surface area (Å²) in [6, 6.07) is 20.9. The van der Waals surface area contributed by atoms with Crippen molar-refractivity contribution in [1.29, 1.82) is 0 Å². The lowest BCUT2D eigenvalue weighted by Gasteiger charge is -2.17. The number of nitrogens with one attached hydrogen (secondary N) is 2. The smallest absolute Gasteiger partial charge is 0.282 e. The van der Waals surface area contributed by atoms with Crippen LogP contribution in [0.15, 0.2) is 93.7 Å². The summed E-state index contributed by atoms with van der Waals surface area (Å²) in [5.41, 5.74) is 1.27. The summed E-state index contributed by atoms with van der Waals surface area (Å²) >= 11 is 0. The number of benzene rings is 3. The summed E-state index contributed by atoms with van der Waals surface area (Å²) in [5.74, 6) is -0.122. The summed E-state index contributed by atoms with van der Waals surface area (Å²) in [7, 11) is -3.97. The van der Waals surface area contributed by atoms with E-state index >= 15 is 0 Å². The molecule has 2 N–H and O–H groups in total. The van der Waals surface area contributed by atoms with E-state index in [0.29, 0.717) is 16.6 Å². The van der Waals surface area contributed by atoms with E-state index in [0.717, 1.165) is 10.2 Å². The van der Waals surface area contributed by atoms with Crippen LogP contribution in [0.4, 0.5) is 5.69 Å². The summed E-state index contributed by atoms with van der Waals surface area (Å²) in [4.78, 5) is 29.0. The SMILES string of the molecule is CC(=O)Nc1ccc(S(=O)(=O)NC(C)c2nc3ccccc3c(=O)n2/N=C/c2ccccc2)cc1. The molecule has 1 unspecified atom stereocenters. The van der Waals surface area contributed by atoms with Crippen LogP contribution in [0, 0.1) is 0 Å². The largest absolute Gasteiger partial charge is 0.326 e. The molecule has 0 aliphatic rings. The number of hydrogen-bond donors (Lipinski definition) is 2. The number of nitrogens with zero attached hydrogens (tertiary/aromatic N) is 3. The standard InChI is InChI=1S/C25H23N5O4S/c1-17(29-35(33,34)21-14-12-20(13-15-21)27-18(2)31)24-28-23-11-7-6-10-22(23)25(32)30(24)26-16-19-8-4-3-5-9-19/h3-17,29H,1-2H3,(H,27,31)/b26-16+. The molecule has 1 atom stereocenters. The van der Waals surface area contributed by atoms with Gasteiger partial charge in [0.05, 0.1) is 28.1 Å². The third kappa shape index (κ3) is 5.51. The highest BCUT2D eigenvalue weighted by molar-refractivity contribution is 7.89. The van der Waals surface area contributed by atoms with Crippen molar-refractivity contribution in [3.63, 3.8) is 0 Å². The molecule has 3 aromatic carbocycles. The Bertz CT molecular complexity index is 1560. The Morgan fingerprint density at radius 1 is 1.00 bits per heavy atom. The van der Waals surface area contributed by atoms with Gasteiger partial charge in [0.2, 0.25) is 15.9 Å². The van der Waals surface area contributed by atoms with Gasteiger partial charge >= 0.3 is 0 Å². The summed E-state index contributed by atoms with van der Waals surface area (Å²) in [5, 5.41) is 7.29. The fourth-order valence-corrected chi connectivity index (χ4v) is 4.67. The summed E-state index contributed by atoms with van der Waals surface area (Å²) in [6.45, 7) is 2.96. The monoisotopic (exact) mass is 489 g/mol. The number of carbonyl (C=O) groups is 1. The van der Waals surface area contributed by atoms with Crippen molar-refractivity contribution >= 4 is 38.7 Å². The van der Waals surface area contributed by atoms with E-state index in [-0.39, 0.29) is 16.6 Å². The van der Waals surface area contributed by atoms with Crippen molar-refractivity contribution in [2.75, 3.05) is 5.32 Å². The first-order valence-electron chi connectivity index (χ1n) is 10.8. The van der Waals surface area contributed by atoms with E-state index in [4.69, 9.17) is 0 Å². The predicted molar refractivity (Wildman–Crippen MR) is 135 cm³/mol. The molecule has 10 heteroatoms. The highest BCUT2D eigenvalue weighted by Gasteiger charge is 2.23. The normalized spacial score (nSPS) is 12.6. The molecule has 0 bridgehead atoms. The summed E-state index contributed by atoms with van der Waals surface area (Å²) < 4.78 is 29.8. The number of anilines is 1. The number of fused-ring (bicyclic) bond motifs is 1. The Morgan fingerprint density at radius 2 is 1.66 bits per heavy atom. The topological polar surface area (TPSA) is 123 Å². The van der Waals surface area contributed by atoms with Crippen LogP contribution in [0.25, 0.3) is 10.9 Å². The molecule has 9 nitrogen and oxygen atoms in total. The van der Waals surface area contributed by atoms with E-state index in [1.165, 1.54) is 37.4 Å².